The molecule has 0 aromatic heterocycles. The van der Waals surface area contributed by atoms with Crippen LogP contribution in [0.5, 0.6) is 11.5 Å². The maximum atomic E-state index is 13.0. The molecule has 2 aliphatic rings. The third-order valence-corrected chi connectivity index (χ3v) is 5.47. The standard InChI is InChI=1S/C23H20N2O4/c26-22-11-9-19(25(22)13-15-8-10-20-21(12-15)29-14-28-20)23(27)24-18-7-3-5-16-4-1-2-6-17(16)18/h1-8,10,12,19H,9,11,13-14H2,(H,24,27). The van der Waals surface area contributed by atoms with Crippen LogP contribution < -0.4 is 14.8 Å². The number of nitrogens with zero attached hydrogens (tertiary/aromatic N) is 1. The van der Waals surface area contributed by atoms with E-state index in [4.69, 9.17) is 9.47 Å². The van der Waals surface area contributed by atoms with Gasteiger partial charge in [0.05, 0.1) is 0 Å². The maximum absolute atomic E-state index is 13.0. The highest BCUT2D eigenvalue weighted by Gasteiger charge is 2.36. The van der Waals surface area contributed by atoms with Crippen LogP contribution >= 0.6 is 0 Å². The molecule has 1 atom stereocenters. The first-order valence-corrected chi connectivity index (χ1v) is 9.66. The van der Waals surface area contributed by atoms with E-state index < -0.39 is 6.04 Å². The second-order valence-corrected chi connectivity index (χ2v) is 7.28. The highest BCUT2D eigenvalue weighted by Crippen LogP contribution is 2.34. The van der Waals surface area contributed by atoms with Gasteiger partial charge in [0.15, 0.2) is 11.5 Å². The fourth-order valence-electron chi connectivity index (χ4n) is 3.99. The lowest BCUT2D eigenvalue weighted by Crippen LogP contribution is -2.41. The summed E-state index contributed by atoms with van der Waals surface area (Å²) in [7, 11) is 0. The number of rotatable bonds is 4. The number of nitrogens with one attached hydrogen (secondary N) is 1. The summed E-state index contributed by atoms with van der Waals surface area (Å²) < 4.78 is 10.8. The van der Waals surface area contributed by atoms with Crippen molar-refractivity contribution in [3.8, 4) is 11.5 Å². The van der Waals surface area contributed by atoms with Crippen LogP contribution in [0.3, 0.4) is 0 Å². The van der Waals surface area contributed by atoms with Gasteiger partial charge in [-0.05, 0) is 35.6 Å². The smallest absolute Gasteiger partial charge is 0.247 e. The van der Waals surface area contributed by atoms with E-state index in [-0.39, 0.29) is 18.6 Å². The molecule has 0 spiro atoms. The molecular formula is C23H20N2O4. The lowest BCUT2D eigenvalue weighted by molar-refractivity contribution is -0.133. The molecule has 0 bridgehead atoms. The molecule has 1 N–H and O–H groups in total. The number of ether oxygens (including phenoxy) is 2. The number of carbonyl (C=O) groups excluding carboxylic acids is 2. The Balaban J connectivity index is 1.36. The van der Waals surface area contributed by atoms with E-state index in [2.05, 4.69) is 5.32 Å². The summed E-state index contributed by atoms with van der Waals surface area (Å²) in [6.07, 6.45) is 0.887. The topological polar surface area (TPSA) is 67.9 Å². The predicted molar refractivity (Wildman–Crippen MR) is 109 cm³/mol. The SMILES string of the molecule is O=C(Nc1cccc2ccccc12)C1CCC(=O)N1Cc1ccc2c(c1)OCO2. The van der Waals surface area contributed by atoms with Gasteiger partial charge < -0.3 is 19.7 Å². The summed E-state index contributed by atoms with van der Waals surface area (Å²) in [5.74, 6) is 1.20. The third-order valence-electron chi connectivity index (χ3n) is 5.47. The minimum Gasteiger partial charge on any atom is -0.454 e. The first-order chi connectivity index (χ1) is 14.2. The average Bonchev–Trinajstić information content (AvgIpc) is 3.35. The molecule has 29 heavy (non-hydrogen) atoms. The molecule has 0 aliphatic carbocycles. The van der Waals surface area contributed by atoms with Gasteiger partial charge in [0.25, 0.3) is 0 Å². The highest BCUT2D eigenvalue weighted by atomic mass is 16.7. The average molecular weight is 388 g/mol. The number of fused-ring (bicyclic) bond motifs is 2. The molecule has 1 unspecified atom stereocenters. The first-order valence-electron chi connectivity index (χ1n) is 9.66. The van der Waals surface area contributed by atoms with E-state index in [1.807, 2.05) is 60.7 Å². The van der Waals surface area contributed by atoms with E-state index in [1.165, 1.54) is 0 Å². The van der Waals surface area contributed by atoms with Gasteiger partial charge in [0.2, 0.25) is 18.6 Å². The molecule has 1 saturated heterocycles. The molecule has 2 amide bonds. The third kappa shape index (κ3) is 3.27. The predicted octanol–water partition coefficient (Wildman–Crippen LogP) is 3.70. The number of likely N-dealkylation sites (tertiary alicyclic amines) is 1. The summed E-state index contributed by atoms with van der Waals surface area (Å²) in [6, 6.07) is 18.8. The van der Waals surface area contributed by atoms with Crippen LogP contribution in [0, 0.1) is 0 Å². The monoisotopic (exact) mass is 388 g/mol. The zero-order valence-corrected chi connectivity index (χ0v) is 15.8. The van der Waals surface area contributed by atoms with Crippen LogP contribution in [0.15, 0.2) is 60.7 Å². The van der Waals surface area contributed by atoms with Crippen molar-refractivity contribution >= 4 is 28.3 Å². The van der Waals surface area contributed by atoms with Crippen molar-refractivity contribution in [1.29, 1.82) is 0 Å². The highest BCUT2D eigenvalue weighted by molar-refractivity contribution is 6.05. The van der Waals surface area contributed by atoms with Crippen LogP contribution in [-0.2, 0) is 16.1 Å². The summed E-state index contributed by atoms with van der Waals surface area (Å²) in [4.78, 5) is 27.2. The molecule has 2 heterocycles. The Morgan fingerprint density at radius 3 is 2.79 bits per heavy atom. The Hall–Kier alpha value is -3.54. The number of hydrogen-bond donors (Lipinski definition) is 1. The Morgan fingerprint density at radius 2 is 1.86 bits per heavy atom. The van der Waals surface area contributed by atoms with Gasteiger partial charge in [-0.25, -0.2) is 0 Å². The number of carbonyl (C=O) groups is 2. The number of amides is 2. The van der Waals surface area contributed by atoms with Crippen molar-refractivity contribution < 1.29 is 19.1 Å². The van der Waals surface area contributed by atoms with Crippen molar-refractivity contribution in [3.63, 3.8) is 0 Å². The van der Waals surface area contributed by atoms with Crippen LogP contribution in [0.1, 0.15) is 18.4 Å². The van der Waals surface area contributed by atoms with Crippen LogP contribution in [-0.4, -0.2) is 29.5 Å². The molecule has 6 heteroatoms. The fourth-order valence-corrected chi connectivity index (χ4v) is 3.99. The summed E-state index contributed by atoms with van der Waals surface area (Å²) >= 11 is 0. The van der Waals surface area contributed by atoms with Gasteiger partial charge in [-0.3, -0.25) is 9.59 Å². The van der Waals surface area contributed by atoms with Gasteiger partial charge in [-0.1, -0.05) is 42.5 Å². The fraction of sp³-hybridized carbons (Fsp3) is 0.217. The van der Waals surface area contributed by atoms with Crippen LogP contribution in [0.25, 0.3) is 10.8 Å². The molecule has 146 valence electrons. The van der Waals surface area contributed by atoms with Crippen molar-refractivity contribution in [1.82, 2.24) is 4.90 Å². The van der Waals surface area contributed by atoms with Gasteiger partial charge >= 0.3 is 0 Å². The zero-order valence-electron chi connectivity index (χ0n) is 15.8. The van der Waals surface area contributed by atoms with Crippen LogP contribution in [0.4, 0.5) is 5.69 Å². The molecule has 3 aromatic rings. The number of hydrogen-bond acceptors (Lipinski definition) is 4. The van der Waals surface area contributed by atoms with Crippen molar-refractivity contribution in [3.05, 3.63) is 66.2 Å². The van der Waals surface area contributed by atoms with E-state index in [0.717, 1.165) is 22.0 Å². The summed E-state index contributed by atoms with van der Waals surface area (Å²) in [5.41, 5.74) is 1.67. The molecular weight excluding hydrogens is 368 g/mol. The second kappa shape index (κ2) is 7.13. The van der Waals surface area contributed by atoms with E-state index in [9.17, 15) is 9.59 Å². The Labute approximate surface area is 168 Å². The molecule has 5 rings (SSSR count). The Bertz CT molecular complexity index is 1110. The minimum absolute atomic E-state index is 0.0132. The van der Waals surface area contributed by atoms with Gasteiger partial charge in [-0.15, -0.1) is 0 Å². The van der Waals surface area contributed by atoms with Crippen LogP contribution in [0.2, 0.25) is 0 Å². The molecule has 0 saturated carbocycles. The quantitative estimate of drug-likeness (QED) is 0.740. The molecule has 0 radical (unpaired) electrons. The lowest BCUT2D eigenvalue weighted by atomic mass is 10.1. The Kier molecular flexibility index (Phi) is 4.31. The van der Waals surface area contributed by atoms with E-state index >= 15 is 0 Å². The first kappa shape index (κ1) is 17.6. The van der Waals surface area contributed by atoms with Gasteiger partial charge in [0, 0.05) is 24.0 Å². The lowest BCUT2D eigenvalue weighted by Gasteiger charge is -2.24. The van der Waals surface area contributed by atoms with Crippen molar-refractivity contribution in [2.75, 3.05) is 12.1 Å². The van der Waals surface area contributed by atoms with Gasteiger partial charge in [0.1, 0.15) is 6.04 Å². The molecule has 3 aromatic carbocycles. The number of benzene rings is 3. The normalized spacial score (nSPS) is 17.7. The molecule has 2 aliphatic heterocycles. The van der Waals surface area contributed by atoms with Gasteiger partial charge in [-0.2, -0.15) is 0 Å². The van der Waals surface area contributed by atoms with E-state index in [1.54, 1.807) is 4.90 Å². The second-order valence-electron chi connectivity index (χ2n) is 7.28. The largest absolute Gasteiger partial charge is 0.454 e. The Morgan fingerprint density at radius 1 is 1.03 bits per heavy atom. The molecule has 1 fully saturated rings. The van der Waals surface area contributed by atoms with Crippen molar-refractivity contribution in [2.24, 2.45) is 0 Å². The van der Waals surface area contributed by atoms with E-state index in [0.29, 0.717) is 30.9 Å². The maximum Gasteiger partial charge on any atom is 0.247 e. The zero-order chi connectivity index (χ0) is 19.8. The molecule has 6 nitrogen and oxygen atoms in total. The number of anilines is 1. The van der Waals surface area contributed by atoms with Crippen molar-refractivity contribution in [2.45, 2.75) is 25.4 Å². The summed E-state index contributed by atoms with van der Waals surface area (Å²) in [5, 5.41) is 5.07. The summed E-state index contributed by atoms with van der Waals surface area (Å²) in [6.45, 7) is 0.570. The minimum atomic E-state index is -0.494.